The van der Waals surface area contributed by atoms with Gasteiger partial charge in [-0.2, -0.15) is 4.98 Å². The average molecular weight is 452 g/mol. The van der Waals surface area contributed by atoms with Gasteiger partial charge in [-0.15, -0.1) is 0 Å². The highest BCUT2D eigenvalue weighted by molar-refractivity contribution is 5.88. The monoisotopic (exact) mass is 451 g/mol. The third kappa shape index (κ3) is 4.91. The number of amides is 2. The highest BCUT2D eigenvalue weighted by Gasteiger charge is 2.49. The van der Waals surface area contributed by atoms with Crippen LogP contribution >= 0.6 is 0 Å². The molecule has 4 heterocycles. The molecule has 2 aromatic heterocycles. The summed E-state index contributed by atoms with van der Waals surface area (Å²) in [5.41, 5.74) is 1.57. The molecule has 2 amide bonds. The predicted octanol–water partition coefficient (Wildman–Crippen LogP) is 2.21. The first-order chi connectivity index (χ1) is 15.8. The van der Waals surface area contributed by atoms with Gasteiger partial charge in [0.25, 0.3) is 0 Å². The molecule has 1 unspecified atom stereocenters. The van der Waals surface area contributed by atoms with E-state index in [9.17, 15) is 9.59 Å². The van der Waals surface area contributed by atoms with E-state index < -0.39 is 0 Å². The number of carbonyl (C=O) groups excluding carboxylic acids is 2. The fraction of sp³-hybridized carbons (Fsp3) is 0.542. The Hall–Kier alpha value is -3.23. The molecule has 2 aliphatic heterocycles. The molecule has 2 fully saturated rings. The Kier molecular flexibility index (Phi) is 6.49. The zero-order chi connectivity index (χ0) is 23.6. The van der Waals surface area contributed by atoms with Crippen molar-refractivity contribution < 1.29 is 9.59 Å². The lowest BCUT2D eigenvalue weighted by molar-refractivity contribution is -0.136. The van der Waals surface area contributed by atoms with Crippen LogP contribution in [-0.4, -0.2) is 70.9 Å². The van der Waals surface area contributed by atoms with Crippen molar-refractivity contribution in [1.29, 1.82) is 0 Å². The summed E-state index contributed by atoms with van der Waals surface area (Å²) in [6.45, 7) is 11.0. The van der Waals surface area contributed by atoms with Crippen molar-refractivity contribution in [3.8, 4) is 0 Å². The van der Waals surface area contributed by atoms with Crippen LogP contribution in [0.5, 0.6) is 0 Å². The van der Waals surface area contributed by atoms with Crippen molar-refractivity contribution in [3.05, 3.63) is 31.0 Å². The molecule has 2 N–H and O–H groups in total. The maximum Gasteiger partial charge on any atom is 0.245 e. The largest absolute Gasteiger partial charge is 0.365 e. The molecule has 1 atom stereocenters. The lowest BCUT2D eigenvalue weighted by Crippen LogP contribution is -2.59. The summed E-state index contributed by atoms with van der Waals surface area (Å²) < 4.78 is 0. The molecule has 2 saturated heterocycles. The van der Waals surface area contributed by atoms with E-state index in [1.807, 2.05) is 17.0 Å². The van der Waals surface area contributed by atoms with E-state index in [0.29, 0.717) is 29.6 Å². The third-order valence-electron chi connectivity index (χ3n) is 6.51. The zero-order valence-corrected chi connectivity index (χ0v) is 19.7. The Balaban J connectivity index is 1.57. The van der Waals surface area contributed by atoms with Crippen molar-refractivity contribution in [1.82, 2.24) is 25.2 Å². The second-order valence-electron chi connectivity index (χ2n) is 9.66. The van der Waals surface area contributed by atoms with Crippen LogP contribution in [0.3, 0.4) is 0 Å². The lowest BCUT2D eigenvalue weighted by Gasteiger charge is -2.47. The molecular formula is C24H33N7O2. The number of rotatable bonds is 8. The van der Waals surface area contributed by atoms with Gasteiger partial charge in [-0.3, -0.25) is 14.6 Å². The molecule has 176 valence electrons. The minimum Gasteiger partial charge on any atom is -0.365 e. The summed E-state index contributed by atoms with van der Waals surface area (Å²) in [5, 5.41) is 6.21. The highest BCUT2D eigenvalue weighted by Crippen LogP contribution is 2.41. The van der Waals surface area contributed by atoms with Crippen LogP contribution in [0.1, 0.15) is 33.1 Å². The summed E-state index contributed by atoms with van der Waals surface area (Å²) >= 11 is 0. The van der Waals surface area contributed by atoms with Gasteiger partial charge in [0.15, 0.2) is 5.82 Å². The first-order valence-electron chi connectivity index (χ1n) is 11.6. The number of fused-ring (bicyclic) bond motifs is 1. The minimum atomic E-state index is -0.0621. The number of carbonyl (C=O) groups is 2. The molecule has 33 heavy (non-hydrogen) atoms. The quantitative estimate of drug-likeness (QED) is 0.593. The highest BCUT2D eigenvalue weighted by atomic mass is 16.2. The van der Waals surface area contributed by atoms with Gasteiger partial charge in [-0.05, 0) is 37.0 Å². The predicted molar refractivity (Wildman–Crippen MR) is 129 cm³/mol. The van der Waals surface area contributed by atoms with Gasteiger partial charge in [0.05, 0.1) is 5.52 Å². The second kappa shape index (κ2) is 9.33. The summed E-state index contributed by atoms with van der Waals surface area (Å²) in [4.78, 5) is 42.2. The molecule has 0 aromatic carbocycles. The van der Waals surface area contributed by atoms with Crippen LogP contribution in [0.2, 0.25) is 0 Å². The maximum absolute atomic E-state index is 12.1. The molecule has 0 saturated carbocycles. The molecule has 2 aliphatic rings. The number of aromatic nitrogens is 3. The first kappa shape index (κ1) is 22.9. The smallest absolute Gasteiger partial charge is 0.245 e. The Labute approximate surface area is 194 Å². The van der Waals surface area contributed by atoms with Crippen molar-refractivity contribution in [2.24, 2.45) is 11.3 Å². The Morgan fingerprint density at radius 2 is 2.06 bits per heavy atom. The molecule has 2 aromatic rings. The standard InChI is InChI=1S/C24H33N7O2/c1-5-20(33)31-14-24(15-31)8-10-30(13-24)23-28-18-7-6-9-26-21(18)22(29-23)27-17(11-16(2)3)12-19(32)25-4/h5-7,9,16-17H,1,8,10-15H2,2-4H3,(H,25,32)(H,27,28,29). The normalized spacial score (nSPS) is 17.8. The van der Waals surface area contributed by atoms with Gasteiger partial charge in [0.1, 0.15) is 5.52 Å². The number of hydrogen-bond acceptors (Lipinski definition) is 7. The van der Waals surface area contributed by atoms with Crippen LogP contribution in [-0.2, 0) is 9.59 Å². The van der Waals surface area contributed by atoms with E-state index in [0.717, 1.165) is 44.5 Å². The van der Waals surface area contributed by atoms with Gasteiger partial charge < -0.3 is 20.4 Å². The average Bonchev–Trinajstić information content (AvgIpc) is 3.23. The van der Waals surface area contributed by atoms with E-state index >= 15 is 0 Å². The molecule has 0 aliphatic carbocycles. The number of anilines is 2. The molecule has 9 nitrogen and oxygen atoms in total. The van der Waals surface area contributed by atoms with E-state index in [1.54, 1.807) is 13.2 Å². The Bertz CT molecular complexity index is 1050. The number of nitrogens with one attached hydrogen (secondary N) is 2. The van der Waals surface area contributed by atoms with Gasteiger partial charge in [0.2, 0.25) is 17.8 Å². The van der Waals surface area contributed by atoms with E-state index in [4.69, 9.17) is 9.97 Å². The summed E-state index contributed by atoms with van der Waals surface area (Å²) in [7, 11) is 1.65. The van der Waals surface area contributed by atoms with Gasteiger partial charge in [-0.1, -0.05) is 20.4 Å². The SMILES string of the molecule is C=CC(=O)N1CC2(CCN(c3nc(NC(CC(=O)NC)CC(C)C)c4ncccc4n3)C2)C1. The fourth-order valence-corrected chi connectivity index (χ4v) is 4.89. The molecule has 4 rings (SSSR count). The van der Waals surface area contributed by atoms with Gasteiger partial charge in [0, 0.05) is 57.3 Å². The number of hydrogen-bond donors (Lipinski definition) is 2. The van der Waals surface area contributed by atoms with Crippen molar-refractivity contribution in [2.45, 2.75) is 39.2 Å². The van der Waals surface area contributed by atoms with Crippen molar-refractivity contribution in [3.63, 3.8) is 0 Å². The number of nitrogens with zero attached hydrogens (tertiary/aromatic N) is 5. The number of pyridine rings is 1. The topological polar surface area (TPSA) is 103 Å². The summed E-state index contributed by atoms with van der Waals surface area (Å²) in [6.07, 6.45) is 5.31. The van der Waals surface area contributed by atoms with Crippen LogP contribution in [0.15, 0.2) is 31.0 Å². The van der Waals surface area contributed by atoms with Crippen molar-refractivity contribution in [2.75, 3.05) is 43.4 Å². The van der Waals surface area contributed by atoms with E-state index in [1.165, 1.54) is 6.08 Å². The van der Waals surface area contributed by atoms with Gasteiger partial charge in [-0.25, -0.2) is 4.98 Å². The molecule has 0 radical (unpaired) electrons. The Morgan fingerprint density at radius 3 is 2.76 bits per heavy atom. The molecule has 1 spiro atoms. The van der Waals surface area contributed by atoms with Gasteiger partial charge >= 0.3 is 0 Å². The Morgan fingerprint density at radius 1 is 1.27 bits per heavy atom. The summed E-state index contributed by atoms with van der Waals surface area (Å²) in [5.74, 6) is 1.72. The molecular weight excluding hydrogens is 418 g/mol. The zero-order valence-electron chi connectivity index (χ0n) is 19.7. The fourth-order valence-electron chi connectivity index (χ4n) is 4.89. The van der Waals surface area contributed by atoms with E-state index in [-0.39, 0.29) is 23.3 Å². The maximum atomic E-state index is 12.1. The summed E-state index contributed by atoms with van der Waals surface area (Å²) in [6, 6.07) is 3.75. The lowest BCUT2D eigenvalue weighted by atomic mass is 9.79. The second-order valence-corrected chi connectivity index (χ2v) is 9.66. The number of likely N-dealkylation sites (tertiary alicyclic amines) is 1. The minimum absolute atomic E-state index is 0.00842. The van der Waals surface area contributed by atoms with Crippen LogP contribution in [0, 0.1) is 11.3 Å². The molecule has 9 heteroatoms. The first-order valence-corrected chi connectivity index (χ1v) is 11.6. The molecule has 0 bridgehead atoms. The third-order valence-corrected chi connectivity index (χ3v) is 6.51. The van der Waals surface area contributed by atoms with Crippen LogP contribution in [0.4, 0.5) is 11.8 Å². The van der Waals surface area contributed by atoms with Crippen LogP contribution in [0.25, 0.3) is 11.0 Å². The van der Waals surface area contributed by atoms with Crippen molar-refractivity contribution >= 4 is 34.6 Å². The van der Waals surface area contributed by atoms with Crippen LogP contribution < -0.4 is 15.5 Å². The van der Waals surface area contributed by atoms with E-state index in [2.05, 4.69) is 40.9 Å².